The number of hydrogen-bond acceptors (Lipinski definition) is 6. The third kappa shape index (κ3) is 4.50. The van der Waals surface area contributed by atoms with Crippen molar-refractivity contribution in [3.8, 4) is 11.5 Å². The van der Waals surface area contributed by atoms with E-state index < -0.39 is 0 Å². The second-order valence-electron chi connectivity index (χ2n) is 7.22. The van der Waals surface area contributed by atoms with Crippen LogP contribution in [0.1, 0.15) is 44.9 Å². The first-order valence-electron chi connectivity index (χ1n) is 9.68. The molecule has 154 valence electrons. The van der Waals surface area contributed by atoms with Crippen LogP contribution in [0.25, 0.3) is 0 Å². The summed E-state index contributed by atoms with van der Waals surface area (Å²) in [5, 5.41) is 2.88. The number of hydrogen-bond donors (Lipinski definition) is 1. The zero-order valence-electron chi connectivity index (χ0n) is 17.4. The summed E-state index contributed by atoms with van der Waals surface area (Å²) in [6.07, 6.45) is 2.75. The molecule has 1 aliphatic carbocycles. The standard InChI is InChI=1S/C22H27N3O4/c1-25(2)17-13-19(28-3)15(12-20(17)29-4)10-11-23-22(27)16-9-8-14-6-5-7-18(26)21(14)24-16/h8-9,12-13H,5-7,10-11H2,1-4H3,(H,23,27). The molecule has 7 heteroatoms. The minimum absolute atomic E-state index is 0.0127. The van der Waals surface area contributed by atoms with Crippen LogP contribution in [0.5, 0.6) is 11.5 Å². The van der Waals surface area contributed by atoms with Gasteiger partial charge >= 0.3 is 0 Å². The number of ketones is 1. The van der Waals surface area contributed by atoms with Gasteiger partial charge in [0.15, 0.2) is 5.78 Å². The first kappa shape index (κ1) is 20.6. The highest BCUT2D eigenvalue weighted by atomic mass is 16.5. The summed E-state index contributed by atoms with van der Waals surface area (Å²) in [7, 11) is 7.13. The second-order valence-corrected chi connectivity index (χ2v) is 7.22. The Kier molecular flexibility index (Phi) is 6.36. The maximum atomic E-state index is 12.5. The highest BCUT2D eigenvalue weighted by molar-refractivity contribution is 5.99. The molecule has 7 nitrogen and oxygen atoms in total. The minimum atomic E-state index is -0.290. The number of anilines is 1. The number of carbonyl (C=O) groups excluding carboxylic acids is 2. The van der Waals surface area contributed by atoms with Crippen molar-refractivity contribution in [3.63, 3.8) is 0 Å². The second kappa shape index (κ2) is 8.94. The molecule has 1 aromatic carbocycles. The molecule has 0 spiro atoms. The van der Waals surface area contributed by atoms with Gasteiger partial charge in [0, 0.05) is 33.1 Å². The number of aromatic nitrogens is 1. The number of rotatable bonds is 7. The molecule has 0 bridgehead atoms. The van der Waals surface area contributed by atoms with Crippen LogP contribution in [0.4, 0.5) is 5.69 Å². The number of amides is 1. The summed E-state index contributed by atoms with van der Waals surface area (Å²) >= 11 is 0. The molecule has 0 saturated carbocycles. The van der Waals surface area contributed by atoms with Gasteiger partial charge in [-0.25, -0.2) is 4.98 Å². The Bertz CT molecular complexity index is 925. The van der Waals surface area contributed by atoms with Crippen molar-refractivity contribution in [1.29, 1.82) is 0 Å². The van der Waals surface area contributed by atoms with E-state index in [0.717, 1.165) is 41.2 Å². The van der Waals surface area contributed by atoms with E-state index in [0.29, 0.717) is 25.1 Å². The third-order valence-electron chi connectivity index (χ3n) is 5.07. The number of pyridine rings is 1. The Labute approximate surface area is 171 Å². The van der Waals surface area contributed by atoms with Crippen LogP contribution in [0, 0.1) is 0 Å². The lowest BCUT2D eigenvalue weighted by Gasteiger charge is -2.20. The Morgan fingerprint density at radius 2 is 1.90 bits per heavy atom. The van der Waals surface area contributed by atoms with Gasteiger partial charge in [-0.15, -0.1) is 0 Å². The van der Waals surface area contributed by atoms with E-state index in [-0.39, 0.29) is 17.4 Å². The summed E-state index contributed by atoms with van der Waals surface area (Å²) in [6, 6.07) is 7.37. The van der Waals surface area contributed by atoms with E-state index in [9.17, 15) is 9.59 Å². The van der Waals surface area contributed by atoms with Gasteiger partial charge < -0.3 is 19.7 Å². The highest BCUT2D eigenvalue weighted by Crippen LogP contribution is 2.34. The van der Waals surface area contributed by atoms with E-state index in [1.54, 1.807) is 20.3 Å². The zero-order valence-corrected chi connectivity index (χ0v) is 17.4. The summed E-state index contributed by atoms with van der Waals surface area (Å²) in [5.74, 6) is 1.20. The average molecular weight is 397 g/mol. The largest absolute Gasteiger partial charge is 0.496 e. The minimum Gasteiger partial charge on any atom is -0.496 e. The summed E-state index contributed by atoms with van der Waals surface area (Å²) in [5.41, 5.74) is 3.49. The number of ether oxygens (including phenoxy) is 2. The number of methoxy groups -OCH3 is 2. The number of nitrogens with one attached hydrogen (secondary N) is 1. The number of benzene rings is 1. The van der Waals surface area contributed by atoms with Gasteiger partial charge in [-0.2, -0.15) is 0 Å². The summed E-state index contributed by atoms with van der Waals surface area (Å²) < 4.78 is 11.0. The monoisotopic (exact) mass is 397 g/mol. The molecule has 1 N–H and O–H groups in total. The van der Waals surface area contributed by atoms with Crippen molar-refractivity contribution in [3.05, 3.63) is 46.8 Å². The van der Waals surface area contributed by atoms with Gasteiger partial charge in [-0.1, -0.05) is 6.07 Å². The van der Waals surface area contributed by atoms with Gasteiger partial charge in [0.25, 0.3) is 5.91 Å². The Hall–Kier alpha value is -3.09. The van der Waals surface area contributed by atoms with Crippen LogP contribution in [0.2, 0.25) is 0 Å². The van der Waals surface area contributed by atoms with E-state index >= 15 is 0 Å². The molecule has 2 aromatic rings. The molecule has 0 fully saturated rings. The number of fused-ring (bicyclic) bond motifs is 1. The summed E-state index contributed by atoms with van der Waals surface area (Å²) in [4.78, 5) is 30.8. The maximum Gasteiger partial charge on any atom is 0.269 e. The molecule has 0 aliphatic heterocycles. The average Bonchev–Trinajstić information content (AvgIpc) is 2.73. The first-order chi connectivity index (χ1) is 13.9. The van der Waals surface area contributed by atoms with E-state index in [2.05, 4.69) is 10.3 Å². The van der Waals surface area contributed by atoms with Gasteiger partial charge in [0.2, 0.25) is 0 Å². The van der Waals surface area contributed by atoms with Crippen LogP contribution in [-0.2, 0) is 12.8 Å². The number of nitrogens with zero attached hydrogens (tertiary/aromatic N) is 2. The summed E-state index contributed by atoms with van der Waals surface area (Å²) in [6.45, 7) is 0.409. The molecule has 1 aliphatic rings. The first-order valence-corrected chi connectivity index (χ1v) is 9.68. The molecule has 1 heterocycles. The molecule has 1 aromatic heterocycles. The van der Waals surface area contributed by atoms with Gasteiger partial charge in [0.05, 0.1) is 19.9 Å². The van der Waals surface area contributed by atoms with Crippen molar-refractivity contribution < 1.29 is 19.1 Å². The predicted molar refractivity (Wildman–Crippen MR) is 111 cm³/mol. The molecular weight excluding hydrogens is 370 g/mol. The maximum absolute atomic E-state index is 12.5. The molecule has 3 rings (SSSR count). The van der Waals surface area contributed by atoms with Crippen molar-refractivity contribution in [2.45, 2.75) is 25.7 Å². The SMILES string of the molecule is COc1cc(N(C)C)c(OC)cc1CCNC(=O)c1ccc2c(n1)C(=O)CCC2. The lowest BCUT2D eigenvalue weighted by molar-refractivity contribution is 0.0947. The zero-order chi connectivity index (χ0) is 21.0. The Morgan fingerprint density at radius 3 is 2.59 bits per heavy atom. The molecule has 0 unspecified atom stereocenters. The van der Waals surface area contributed by atoms with Crippen molar-refractivity contribution in [2.24, 2.45) is 0 Å². The van der Waals surface area contributed by atoms with Gasteiger partial charge in [-0.3, -0.25) is 9.59 Å². The van der Waals surface area contributed by atoms with Crippen molar-refractivity contribution in [1.82, 2.24) is 10.3 Å². The number of carbonyl (C=O) groups is 2. The van der Waals surface area contributed by atoms with Crippen LogP contribution < -0.4 is 19.7 Å². The molecule has 29 heavy (non-hydrogen) atoms. The van der Waals surface area contributed by atoms with Crippen LogP contribution in [0.15, 0.2) is 24.3 Å². The lowest BCUT2D eigenvalue weighted by Crippen LogP contribution is -2.28. The molecule has 0 radical (unpaired) electrons. The van der Waals surface area contributed by atoms with Crippen molar-refractivity contribution in [2.75, 3.05) is 39.8 Å². The fourth-order valence-electron chi connectivity index (χ4n) is 3.51. The number of Topliss-reactive ketones (excluding diaryl/α,β-unsaturated/α-hetero) is 1. The quantitative estimate of drug-likeness (QED) is 0.774. The Balaban J connectivity index is 1.69. The van der Waals surface area contributed by atoms with E-state index in [1.807, 2.05) is 37.2 Å². The molecule has 0 atom stereocenters. The third-order valence-corrected chi connectivity index (χ3v) is 5.07. The highest BCUT2D eigenvalue weighted by Gasteiger charge is 2.20. The van der Waals surface area contributed by atoms with Gasteiger partial charge in [0.1, 0.15) is 22.9 Å². The normalized spacial score (nSPS) is 12.9. The van der Waals surface area contributed by atoms with Gasteiger partial charge in [-0.05, 0) is 42.5 Å². The van der Waals surface area contributed by atoms with Crippen molar-refractivity contribution >= 4 is 17.4 Å². The fourth-order valence-corrected chi connectivity index (χ4v) is 3.51. The fraction of sp³-hybridized carbons (Fsp3) is 0.409. The molecule has 0 saturated heterocycles. The molecular formula is C22H27N3O4. The van der Waals surface area contributed by atoms with Crippen LogP contribution in [-0.4, -0.2) is 51.5 Å². The van der Waals surface area contributed by atoms with E-state index in [4.69, 9.17) is 9.47 Å². The lowest BCUT2D eigenvalue weighted by atomic mass is 9.95. The van der Waals surface area contributed by atoms with Crippen LogP contribution in [0.3, 0.4) is 0 Å². The smallest absolute Gasteiger partial charge is 0.269 e. The van der Waals surface area contributed by atoms with Crippen LogP contribution >= 0.6 is 0 Å². The molecule has 1 amide bonds. The topological polar surface area (TPSA) is 80.8 Å². The predicted octanol–water partition coefficient (Wildman–Crippen LogP) is 2.66. The number of aryl methyl sites for hydroxylation is 1. The van der Waals surface area contributed by atoms with E-state index in [1.165, 1.54) is 0 Å². The Morgan fingerprint density at radius 1 is 1.14 bits per heavy atom.